The molecule has 0 saturated heterocycles. The lowest BCUT2D eigenvalue weighted by atomic mass is 10.0. The predicted molar refractivity (Wildman–Crippen MR) is 75.9 cm³/mol. The first-order valence-corrected chi connectivity index (χ1v) is 7.04. The van der Waals surface area contributed by atoms with E-state index in [-0.39, 0.29) is 6.61 Å². The number of benzene rings is 1. The summed E-state index contributed by atoms with van der Waals surface area (Å²) in [7, 11) is 0. The van der Waals surface area contributed by atoms with Crippen molar-refractivity contribution in [2.24, 2.45) is 11.8 Å². The summed E-state index contributed by atoms with van der Waals surface area (Å²) < 4.78 is 5.25. The van der Waals surface area contributed by atoms with E-state index in [1.807, 2.05) is 18.2 Å². The van der Waals surface area contributed by atoms with Gasteiger partial charge in [-0.05, 0) is 55.8 Å². The molecule has 1 fully saturated rings. The molecule has 1 saturated carbocycles. The lowest BCUT2D eigenvalue weighted by Crippen LogP contribution is -2.25. The van der Waals surface area contributed by atoms with Gasteiger partial charge in [0.25, 0.3) is 0 Å². The summed E-state index contributed by atoms with van der Waals surface area (Å²) >= 11 is 0. The smallest absolute Gasteiger partial charge is 0.174 e. The minimum absolute atomic E-state index is 0.103. The van der Waals surface area contributed by atoms with Gasteiger partial charge in [-0.25, -0.2) is 0 Å². The van der Waals surface area contributed by atoms with Crippen LogP contribution in [0.2, 0.25) is 0 Å². The lowest BCUT2D eigenvalue weighted by Gasteiger charge is -2.18. The minimum atomic E-state index is 0.103. The molecule has 0 aliphatic heterocycles. The van der Waals surface area contributed by atoms with Gasteiger partial charge in [0.05, 0.1) is 0 Å². The zero-order valence-electron chi connectivity index (χ0n) is 11.7. The molecule has 0 spiro atoms. The Bertz CT molecular complexity index is 431. The molecule has 1 N–H and O–H groups in total. The van der Waals surface area contributed by atoms with Gasteiger partial charge in [-0.2, -0.15) is 5.26 Å². The average Bonchev–Trinajstić information content (AvgIpc) is 3.27. The van der Waals surface area contributed by atoms with Gasteiger partial charge < -0.3 is 10.1 Å². The summed E-state index contributed by atoms with van der Waals surface area (Å²) in [4.78, 5) is 0. The molecule has 0 radical (unpaired) electrons. The summed E-state index contributed by atoms with van der Waals surface area (Å²) in [6.45, 7) is 5.70. The van der Waals surface area contributed by atoms with E-state index in [9.17, 15) is 0 Å². The topological polar surface area (TPSA) is 45.0 Å². The van der Waals surface area contributed by atoms with Crippen LogP contribution in [-0.2, 0) is 0 Å². The van der Waals surface area contributed by atoms with Crippen molar-refractivity contribution in [3.8, 4) is 11.8 Å². The van der Waals surface area contributed by atoms with Crippen LogP contribution in [0.1, 0.15) is 38.3 Å². The van der Waals surface area contributed by atoms with Gasteiger partial charge in [-0.3, -0.25) is 0 Å². The Kier molecular flexibility index (Phi) is 4.81. The molecule has 3 heteroatoms. The highest BCUT2D eigenvalue weighted by atomic mass is 16.5. The van der Waals surface area contributed by atoms with E-state index in [1.165, 1.54) is 18.4 Å². The van der Waals surface area contributed by atoms with Gasteiger partial charge >= 0.3 is 0 Å². The summed E-state index contributed by atoms with van der Waals surface area (Å²) in [6, 6.07) is 10.3. The Morgan fingerprint density at radius 1 is 1.32 bits per heavy atom. The quantitative estimate of drug-likeness (QED) is 0.816. The van der Waals surface area contributed by atoms with Crippen molar-refractivity contribution in [1.82, 2.24) is 5.32 Å². The van der Waals surface area contributed by atoms with Crippen molar-refractivity contribution in [3.63, 3.8) is 0 Å². The average molecular weight is 258 g/mol. The van der Waals surface area contributed by atoms with Crippen molar-refractivity contribution < 1.29 is 4.74 Å². The van der Waals surface area contributed by atoms with Crippen LogP contribution >= 0.6 is 0 Å². The van der Waals surface area contributed by atoms with Crippen LogP contribution in [0.4, 0.5) is 0 Å². The Morgan fingerprint density at radius 2 is 2.00 bits per heavy atom. The Balaban J connectivity index is 1.81. The van der Waals surface area contributed by atoms with Gasteiger partial charge in [0.1, 0.15) is 11.8 Å². The van der Waals surface area contributed by atoms with E-state index in [0.29, 0.717) is 6.04 Å². The molecular formula is C16H22N2O. The number of hydrogen-bond acceptors (Lipinski definition) is 3. The van der Waals surface area contributed by atoms with Gasteiger partial charge in [0.15, 0.2) is 6.61 Å². The lowest BCUT2D eigenvalue weighted by molar-refractivity contribution is 0.367. The molecule has 2 unspecified atom stereocenters. The van der Waals surface area contributed by atoms with Crippen LogP contribution in [0.3, 0.4) is 0 Å². The fourth-order valence-electron chi connectivity index (χ4n) is 2.28. The van der Waals surface area contributed by atoms with Crippen LogP contribution in [0.15, 0.2) is 24.3 Å². The summed E-state index contributed by atoms with van der Waals surface area (Å²) in [5.74, 6) is 2.48. The van der Waals surface area contributed by atoms with Gasteiger partial charge in [0, 0.05) is 6.04 Å². The third-order valence-electron chi connectivity index (χ3n) is 3.86. The molecule has 0 aromatic heterocycles. The zero-order valence-corrected chi connectivity index (χ0v) is 11.7. The molecule has 0 amide bonds. The highest BCUT2D eigenvalue weighted by molar-refractivity contribution is 5.29. The first-order valence-electron chi connectivity index (χ1n) is 7.04. The Hall–Kier alpha value is -1.53. The standard InChI is InChI=1S/C16H22N2O/c1-12(14-3-4-14)11-18-13(2)15-5-7-16(8-6-15)19-10-9-17/h5-8,12-14,18H,3-4,10-11H2,1-2H3. The zero-order chi connectivity index (χ0) is 13.7. The van der Waals surface area contributed by atoms with Crippen LogP contribution in [0.5, 0.6) is 5.75 Å². The largest absolute Gasteiger partial charge is 0.479 e. The van der Waals surface area contributed by atoms with Crippen LogP contribution in [0, 0.1) is 23.2 Å². The maximum absolute atomic E-state index is 8.46. The molecule has 0 heterocycles. The molecule has 1 aliphatic rings. The number of ether oxygens (including phenoxy) is 1. The minimum Gasteiger partial charge on any atom is -0.479 e. The SMILES string of the molecule is CC(NCC(C)C1CC1)c1ccc(OCC#N)cc1. The normalized spacial score (nSPS) is 17.5. The molecule has 0 bridgehead atoms. The summed E-state index contributed by atoms with van der Waals surface area (Å²) in [5.41, 5.74) is 1.26. The maximum Gasteiger partial charge on any atom is 0.174 e. The second-order valence-corrected chi connectivity index (χ2v) is 5.46. The second-order valence-electron chi connectivity index (χ2n) is 5.46. The number of hydrogen-bond donors (Lipinski definition) is 1. The fraction of sp³-hybridized carbons (Fsp3) is 0.562. The van der Waals surface area contributed by atoms with Crippen molar-refractivity contribution >= 4 is 0 Å². The van der Waals surface area contributed by atoms with Gasteiger partial charge in [-0.15, -0.1) is 0 Å². The van der Waals surface area contributed by atoms with Gasteiger partial charge in [-0.1, -0.05) is 19.1 Å². The maximum atomic E-state index is 8.46. The molecule has 2 atom stereocenters. The van der Waals surface area contributed by atoms with Crippen molar-refractivity contribution in [2.45, 2.75) is 32.7 Å². The molecule has 1 aliphatic carbocycles. The van der Waals surface area contributed by atoms with Crippen LogP contribution < -0.4 is 10.1 Å². The van der Waals surface area contributed by atoms with E-state index >= 15 is 0 Å². The van der Waals surface area contributed by atoms with Crippen molar-refractivity contribution in [2.75, 3.05) is 13.2 Å². The molecular weight excluding hydrogens is 236 g/mol. The summed E-state index contributed by atoms with van der Waals surface area (Å²) in [6.07, 6.45) is 2.81. The third kappa shape index (κ3) is 4.25. The van der Waals surface area contributed by atoms with E-state index in [0.717, 1.165) is 24.1 Å². The van der Waals surface area contributed by atoms with Crippen LogP contribution in [0.25, 0.3) is 0 Å². The number of nitrogens with one attached hydrogen (secondary N) is 1. The molecule has 3 nitrogen and oxygen atoms in total. The Morgan fingerprint density at radius 3 is 2.58 bits per heavy atom. The third-order valence-corrected chi connectivity index (χ3v) is 3.86. The number of nitriles is 1. The fourth-order valence-corrected chi connectivity index (χ4v) is 2.28. The monoisotopic (exact) mass is 258 g/mol. The van der Waals surface area contributed by atoms with Crippen molar-refractivity contribution in [1.29, 1.82) is 5.26 Å². The first-order chi connectivity index (χ1) is 9.20. The van der Waals surface area contributed by atoms with E-state index in [2.05, 4.69) is 31.3 Å². The molecule has 102 valence electrons. The van der Waals surface area contributed by atoms with E-state index in [1.54, 1.807) is 0 Å². The first kappa shape index (κ1) is 13.9. The van der Waals surface area contributed by atoms with E-state index in [4.69, 9.17) is 10.00 Å². The predicted octanol–water partition coefficient (Wildman–Crippen LogP) is 3.29. The molecule has 19 heavy (non-hydrogen) atoms. The highest BCUT2D eigenvalue weighted by Crippen LogP contribution is 2.36. The number of rotatable bonds is 7. The van der Waals surface area contributed by atoms with Crippen LogP contribution in [-0.4, -0.2) is 13.2 Å². The highest BCUT2D eigenvalue weighted by Gasteiger charge is 2.27. The van der Waals surface area contributed by atoms with Crippen molar-refractivity contribution in [3.05, 3.63) is 29.8 Å². The van der Waals surface area contributed by atoms with Gasteiger partial charge in [0.2, 0.25) is 0 Å². The Labute approximate surface area is 115 Å². The molecule has 2 rings (SSSR count). The summed E-state index contributed by atoms with van der Waals surface area (Å²) in [5, 5.41) is 12.0. The molecule has 1 aromatic carbocycles. The van der Waals surface area contributed by atoms with E-state index < -0.39 is 0 Å². The second kappa shape index (κ2) is 6.58. The molecule has 1 aromatic rings. The number of nitrogens with zero attached hydrogens (tertiary/aromatic N) is 1.